The molecule has 0 saturated heterocycles. The lowest BCUT2D eigenvalue weighted by atomic mass is 10.1. The summed E-state index contributed by atoms with van der Waals surface area (Å²) in [5.74, 6) is -0.190. The van der Waals surface area contributed by atoms with Gasteiger partial charge in [-0.25, -0.2) is 0 Å². The highest BCUT2D eigenvalue weighted by Gasteiger charge is 2.07. The van der Waals surface area contributed by atoms with Crippen LogP contribution in [-0.4, -0.2) is 73.2 Å². The molecule has 0 radical (unpaired) electrons. The summed E-state index contributed by atoms with van der Waals surface area (Å²) in [5.41, 5.74) is 3.13. The van der Waals surface area contributed by atoms with Crippen molar-refractivity contribution < 1.29 is 23.2 Å². The van der Waals surface area contributed by atoms with Gasteiger partial charge in [-0.2, -0.15) is 8.42 Å². The van der Waals surface area contributed by atoms with Crippen LogP contribution in [0.5, 0.6) is 0 Å². The number of benzene rings is 1. The van der Waals surface area contributed by atoms with Crippen LogP contribution in [0.2, 0.25) is 0 Å². The maximum absolute atomic E-state index is 10.7. The van der Waals surface area contributed by atoms with Gasteiger partial charge in [-0.15, -0.1) is 0 Å². The number of hydrogen-bond acceptors (Lipinski definition) is 6. The molecule has 3 N–H and O–H groups in total. The van der Waals surface area contributed by atoms with Gasteiger partial charge in [0.1, 0.15) is 0 Å². The third kappa shape index (κ3) is 8.82. The minimum atomic E-state index is -3.87. The summed E-state index contributed by atoms with van der Waals surface area (Å²) < 4.78 is 30.2. The quantitative estimate of drug-likeness (QED) is 0.349. The molecule has 0 unspecified atom stereocenters. The number of anilines is 1. The first-order chi connectivity index (χ1) is 13.9. The van der Waals surface area contributed by atoms with E-state index in [4.69, 9.17) is 14.8 Å². The zero-order chi connectivity index (χ0) is 21.1. The van der Waals surface area contributed by atoms with E-state index in [9.17, 15) is 8.42 Å². The third-order valence-electron chi connectivity index (χ3n) is 4.60. The van der Waals surface area contributed by atoms with Crippen LogP contribution >= 0.6 is 0 Å². The predicted molar refractivity (Wildman–Crippen MR) is 116 cm³/mol. The van der Waals surface area contributed by atoms with Crippen molar-refractivity contribution >= 4 is 21.9 Å². The van der Waals surface area contributed by atoms with Gasteiger partial charge >= 0.3 is 0 Å². The first-order valence-electron chi connectivity index (χ1n) is 9.73. The summed E-state index contributed by atoms with van der Waals surface area (Å²) in [7, 11) is -3.87. The number of unbranched alkanes of at least 4 members (excludes halogenated alkanes) is 1. The van der Waals surface area contributed by atoms with E-state index in [0.29, 0.717) is 25.9 Å². The molecular weight excluding hydrogens is 392 g/mol. The minimum absolute atomic E-state index is 0.0414. The molecule has 1 aromatic carbocycles. The molecule has 29 heavy (non-hydrogen) atoms. The molecule has 1 aliphatic rings. The van der Waals surface area contributed by atoms with Gasteiger partial charge < -0.3 is 20.0 Å². The fraction of sp³-hybridized carbons (Fsp3) is 0.429. The zero-order valence-corrected chi connectivity index (χ0v) is 17.3. The molecular formula is C21H30N2O5S. The Balaban J connectivity index is 1.82. The summed E-state index contributed by atoms with van der Waals surface area (Å²) in [6.07, 6.45) is 11.4. The van der Waals surface area contributed by atoms with Crippen molar-refractivity contribution in [1.82, 2.24) is 4.90 Å². The lowest BCUT2D eigenvalue weighted by Crippen LogP contribution is -2.29. The molecule has 1 heterocycles. The second-order valence-electron chi connectivity index (χ2n) is 6.87. The maximum Gasteiger partial charge on any atom is 0.264 e. The summed E-state index contributed by atoms with van der Waals surface area (Å²) in [6.45, 7) is 2.57. The molecule has 2 rings (SSSR count). The molecule has 0 aliphatic carbocycles. The van der Waals surface area contributed by atoms with Crippen molar-refractivity contribution in [2.75, 3.05) is 50.0 Å². The van der Waals surface area contributed by atoms with Crippen molar-refractivity contribution in [3.63, 3.8) is 0 Å². The fourth-order valence-electron chi connectivity index (χ4n) is 3.03. The highest BCUT2D eigenvalue weighted by Crippen LogP contribution is 2.17. The molecule has 7 nitrogen and oxygen atoms in total. The third-order valence-corrected chi connectivity index (χ3v) is 5.41. The number of nitrogens with zero attached hydrogens (tertiary/aromatic N) is 2. The van der Waals surface area contributed by atoms with Gasteiger partial charge in [0.25, 0.3) is 10.1 Å². The SMILES string of the molecule is O=S(=O)(O)CCCCN1C=CC(C=Cc2ccc(N(CCO)CCO)cc2)=CC1. The smallest absolute Gasteiger partial charge is 0.264 e. The Morgan fingerprint density at radius 1 is 1.03 bits per heavy atom. The Morgan fingerprint density at radius 2 is 1.72 bits per heavy atom. The van der Waals surface area contributed by atoms with E-state index in [1.807, 2.05) is 53.6 Å². The van der Waals surface area contributed by atoms with Gasteiger partial charge in [0.05, 0.1) is 19.0 Å². The zero-order valence-electron chi connectivity index (χ0n) is 16.5. The largest absolute Gasteiger partial charge is 0.395 e. The Hall–Kier alpha value is -2.13. The van der Waals surface area contributed by atoms with E-state index in [-0.39, 0.29) is 19.0 Å². The van der Waals surface area contributed by atoms with Crippen LogP contribution in [0.1, 0.15) is 18.4 Å². The Bertz CT molecular complexity index is 810. The first kappa shape index (κ1) is 23.2. The van der Waals surface area contributed by atoms with Crippen LogP contribution in [0.15, 0.2) is 54.3 Å². The van der Waals surface area contributed by atoms with E-state index < -0.39 is 10.1 Å². The number of allylic oxidation sites excluding steroid dienone is 3. The average molecular weight is 423 g/mol. The topological polar surface area (TPSA) is 101 Å². The van der Waals surface area contributed by atoms with E-state index in [1.165, 1.54) is 0 Å². The lowest BCUT2D eigenvalue weighted by Gasteiger charge is -2.23. The highest BCUT2D eigenvalue weighted by atomic mass is 32.2. The van der Waals surface area contributed by atoms with Gasteiger partial charge in [0.2, 0.25) is 0 Å². The van der Waals surface area contributed by atoms with Gasteiger partial charge in [-0.3, -0.25) is 4.55 Å². The molecule has 160 valence electrons. The normalized spacial score (nSPS) is 14.4. The van der Waals surface area contributed by atoms with Crippen molar-refractivity contribution in [2.45, 2.75) is 12.8 Å². The monoisotopic (exact) mass is 422 g/mol. The minimum Gasteiger partial charge on any atom is -0.395 e. The average Bonchev–Trinajstić information content (AvgIpc) is 2.70. The van der Waals surface area contributed by atoms with Crippen LogP contribution < -0.4 is 4.90 Å². The molecule has 0 bridgehead atoms. The number of hydrogen-bond donors (Lipinski definition) is 3. The molecule has 0 atom stereocenters. The van der Waals surface area contributed by atoms with E-state index >= 15 is 0 Å². The molecule has 0 spiro atoms. The molecule has 0 aromatic heterocycles. The summed E-state index contributed by atoms with van der Waals surface area (Å²) >= 11 is 0. The second-order valence-corrected chi connectivity index (χ2v) is 8.44. The standard InChI is InChI=1S/C21H30N2O5S/c24-16-14-23(15-17-25)21-7-5-19(6-8-21)3-4-20-9-12-22(13-10-20)11-1-2-18-29(26,27)28/h3-10,12,24-25H,1-2,11,13-18H2,(H,26,27,28). The van der Waals surface area contributed by atoms with E-state index in [2.05, 4.69) is 11.0 Å². The van der Waals surface area contributed by atoms with E-state index in [0.717, 1.165) is 29.9 Å². The van der Waals surface area contributed by atoms with Gasteiger partial charge in [0.15, 0.2) is 0 Å². The van der Waals surface area contributed by atoms with Gasteiger partial charge in [-0.1, -0.05) is 30.4 Å². The Morgan fingerprint density at radius 3 is 2.28 bits per heavy atom. The number of aliphatic hydroxyl groups is 2. The van der Waals surface area contributed by atoms with Gasteiger partial charge in [0, 0.05) is 31.9 Å². The number of rotatable bonds is 12. The Labute approximate surface area is 173 Å². The van der Waals surface area contributed by atoms with Crippen LogP contribution in [-0.2, 0) is 10.1 Å². The highest BCUT2D eigenvalue weighted by molar-refractivity contribution is 7.85. The summed E-state index contributed by atoms with van der Waals surface area (Å²) in [4.78, 5) is 4.04. The maximum atomic E-state index is 10.7. The second kappa shape index (κ2) is 11.8. The first-order valence-corrected chi connectivity index (χ1v) is 11.3. The molecule has 8 heteroatoms. The van der Waals surface area contributed by atoms with E-state index in [1.54, 1.807) is 0 Å². The summed E-state index contributed by atoms with van der Waals surface area (Å²) in [6, 6.07) is 7.96. The Kier molecular flexibility index (Phi) is 9.40. The molecule has 0 saturated carbocycles. The van der Waals surface area contributed by atoms with Crippen molar-refractivity contribution in [1.29, 1.82) is 0 Å². The van der Waals surface area contributed by atoms with Crippen molar-refractivity contribution in [2.24, 2.45) is 0 Å². The fourth-order valence-corrected chi connectivity index (χ4v) is 3.60. The molecule has 0 fully saturated rings. The predicted octanol–water partition coefficient (Wildman–Crippen LogP) is 1.91. The van der Waals surface area contributed by atoms with Crippen LogP contribution in [0, 0.1) is 0 Å². The molecule has 0 amide bonds. The molecule has 1 aliphatic heterocycles. The number of aliphatic hydroxyl groups excluding tert-OH is 2. The molecule has 1 aromatic rings. The summed E-state index contributed by atoms with van der Waals surface area (Å²) in [5, 5.41) is 18.3. The van der Waals surface area contributed by atoms with Crippen molar-refractivity contribution in [3.8, 4) is 0 Å². The van der Waals surface area contributed by atoms with Crippen molar-refractivity contribution in [3.05, 3.63) is 59.8 Å². The van der Waals surface area contributed by atoms with Crippen LogP contribution in [0.3, 0.4) is 0 Å². The van der Waals surface area contributed by atoms with Crippen LogP contribution in [0.4, 0.5) is 5.69 Å². The van der Waals surface area contributed by atoms with Crippen LogP contribution in [0.25, 0.3) is 6.08 Å². The van der Waals surface area contributed by atoms with Gasteiger partial charge in [-0.05, 0) is 48.4 Å². The lowest BCUT2D eigenvalue weighted by molar-refractivity contribution is 0.281.